The summed E-state index contributed by atoms with van der Waals surface area (Å²) in [4.78, 5) is 28.0. The average Bonchev–Trinajstić information content (AvgIpc) is 2.55. The van der Waals surface area contributed by atoms with Gasteiger partial charge in [0.25, 0.3) is 5.91 Å². The summed E-state index contributed by atoms with van der Waals surface area (Å²) in [6.07, 6.45) is 1.39. The second kappa shape index (κ2) is 8.00. The lowest BCUT2D eigenvalue weighted by Gasteiger charge is -2.10. The minimum absolute atomic E-state index is 0.0484. The van der Waals surface area contributed by atoms with Gasteiger partial charge >= 0.3 is 12.6 Å². The highest BCUT2D eigenvalue weighted by molar-refractivity contribution is 6.07. The van der Waals surface area contributed by atoms with E-state index in [1.165, 1.54) is 42.6 Å². The first kappa shape index (κ1) is 17.3. The van der Waals surface area contributed by atoms with E-state index in [2.05, 4.69) is 15.0 Å². The van der Waals surface area contributed by atoms with Crippen molar-refractivity contribution in [2.75, 3.05) is 11.9 Å². The molecular weight excluding hydrogens is 322 g/mol. The van der Waals surface area contributed by atoms with E-state index in [4.69, 9.17) is 4.74 Å². The number of ether oxygens (including phenoxy) is 2. The summed E-state index contributed by atoms with van der Waals surface area (Å²) >= 11 is 0. The zero-order valence-electron chi connectivity index (χ0n) is 12.7. The van der Waals surface area contributed by atoms with Gasteiger partial charge in [0, 0.05) is 11.8 Å². The molecule has 0 radical (unpaired) electrons. The van der Waals surface area contributed by atoms with Gasteiger partial charge in [-0.2, -0.15) is 8.78 Å². The van der Waals surface area contributed by atoms with E-state index >= 15 is 0 Å². The summed E-state index contributed by atoms with van der Waals surface area (Å²) in [6.45, 7) is -1.18. The quantitative estimate of drug-likeness (QED) is 0.820. The highest BCUT2D eigenvalue weighted by Gasteiger charge is 2.17. The molecule has 0 unspecified atom stereocenters. The topological polar surface area (TPSA) is 77.5 Å². The number of carbonyl (C=O) groups is 2. The molecule has 8 heteroatoms. The van der Waals surface area contributed by atoms with Gasteiger partial charge in [0.15, 0.2) is 5.69 Å². The number of nitrogens with one attached hydrogen (secondary N) is 1. The fourth-order valence-electron chi connectivity index (χ4n) is 1.88. The SMILES string of the molecule is CCOC(=O)c1ncccc1NC(=O)c1cccc(OC(F)F)c1. The van der Waals surface area contributed by atoms with Crippen molar-refractivity contribution >= 4 is 17.6 Å². The van der Waals surface area contributed by atoms with Gasteiger partial charge in [0.1, 0.15) is 5.75 Å². The molecule has 1 N–H and O–H groups in total. The fraction of sp³-hybridized carbons (Fsp3) is 0.188. The van der Waals surface area contributed by atoms with Crippen molar-refractivity contribution < 1.29 is 27.8 Å². The highest BCUT2D eigenvalue weighted by Crippen LogP contribution is 2.19. The zero-order valence-corrected chi connectivity index (χ0v) is 12.7. The molecule has 0 bridgehead atoms. The molecule has 2 aromatic rings. The molecule has 0 aliphatic rings. The van der Waals surface area contributed by atoms with Crippen LogP contribution in [0.3, 0.4) is 0 Å². The summed E-state index contributed by atoms with van der Waals surface area (Å²) in [7, 11) is 0. The van der Waals surface area contributed by atoms with Crippen LogP contribution in [0.1, 0.15) is 27.8 Å². The molecule has 126 valence electrons. The summed E-state index contributed by atoms with van der Waals surface area (Å²) in [5.74, 6) is -1.43. The minimum atomic E-state index is -2.99. The molecule has 0 aliphatic carbocycles. The smallest absolute Gasteiger partial charge is 0.387 e. The molecule has 24 heavy (non-hydrogen) atoms. The van der Waals surface area contributed by atoms with Crippen LogP contribution in [0.2, 0.25) is 0 Å². The molecule has 1 heterocycles. The van der Waals surface area contributed by atoms with Gasteiger partial charge in [0.05, 0.1) is 12.3 Å². The van der Waals surface area contributed by atoms with E-state index in [-0.39, 0.29) is 29.3 Å². The molecule has 0 spiro atoms. The standard InChI is InChI=1S/C16H14F2N2O4/c1-2-23-15(22)13-12(7-4-8-19-13)20-14(21)10-5-3-6-11(9-10)24-16(17)18/h3-9,16H,2H2,1H3,(H,20,21). The van der Waals surface area contributed by atoms with Gasteiger partial charge in [-0.15, -0.1) is 0 Å². The fourth-order valence-corrected chi connectivity index (χ4v) is 1.88. The van der Waals surface area contributed by atoms with Gasteiger partial charge in [-0.05, 0) is 37.3 Å². The van der Waals surface area contributed by atoms with Crippen LogP contribution in [0.5, 0.6) is 5.75 Å². The summed E-state index contributed by atoms with van der Waals surface area (Å²) in [5, 5.41) is 2.50. The second-order valence-electron chi connectivity index (χ2n) is 4.48. The first-order valence-electron chi connectivity index (χ1n) is 6.99. The first-order valence-corrected chi connectivity index (χ1v) is 6.99. The molecule has 0 fully saturated rings. The molecule has 1 aromatic heterocycles. The number of carbonyl (C=O) groups excluding carboxylic acids is 2. The summed E-state index contributed by atoms with van der Waals surface area (Å²) in [5.41, 5.74) is 0.195. The third-order valence-electron chi connectivity index (χ3n) is 2.85. The van der Waals surface area contributed by atoms with Gasteiger partial charge in [-0.1, -0.05) is 6.07 Å². The molecule has 0 atom stereocenters. The Morgan fingerprint density at radius 1 is 1.25 bits per heavy atom. The van der Waals surface area contributed by atoms with Crippen molar-refractivity contribution in [3.63, 3.8) is 0 Å². The van der Waals surface area contributed by atoms with Crippen LogP contribution in [0.15, 0.2) is 42.6 Å². The van der Waals surface area contributed by atoms with Crippen molar-refractivity contribution in [2.45, 2.75) is 13.5 Å². The number of amides is 1. The predicted octanol–water partition coefficient (Wildman–Crippen LogP) is 3.11. The minimum Gasteiger partial charge on any atom is -0.461 e. The molecular formula is C16H14F2N2O4. The number of hydrogen-bond acceptors (Lipinski definition) is 5. The average molecular weight is 336 g/mol. The van der Waals surface area contributed by atoms with E-state index in [0.717, 1.165) is 0 Å². The van der Waals surface area contributed by atoms with E-state index in [9.17, 15) is 18.4 Å². The first-order chi connectivity index (χ1) is 11.5. The van der Waals surface area contributed by atoms with E-state index in [0.29, 0.717) is 0 Å². The molecule has 0 saturated carbocycles. The largest absolute Gasteiger partial charge is 0.461 e. The lowest BCUT2D eigenvalue weighted by Crippen LogP contribution is -2.17. The van der Waals surface area contributed by atoms with Gasteiger partial charge in [-0.25, -0.2) is 9.78 Å². The Kier molecular flexibility index (Phi) is 5.78. The normalized spacial score (nSPS) is 10.3. The monoisotopic (exact) mass is 336 g/mol. The number of alkyl halides is 2. The Labute approximate surface area is 136 Å². The van der Waals surface area contributed by atoms with Crippen molar-refractivity contribution in [3.05, 3.63) is 53.9 Å². The Bertz CT molecular complexity index is 738. The Morgan fingerprint density at radius 3 is 2.75 bits per heavy atom. The third kappa shape index (κ3) is 4.48. The lowest BCUT2D eigenvalue weighted by atomic mass is 10.2. The molecule has 0 saturated heterocycles. The van der Waals surface area contributed by atoms with Crippen molar-refractivity contribution in [1.82, 2.24) is 4.98 Å². The number of anilines is 1. The number of halogens is 2. The van der Waals surface area contributed by atoms with Crippen LogP contribution in [0, 0.1) is 0 Å². The molecule has 2 rings (SSSR count). The van der Waals surface area contributed by atoms with Gasteiger partial charge < -0.3 is 14.8 Å². The van der Waals surface area contributed by atoms with Crippen LogP contribution in [-0.2, 0) is 4.74 Å². The van der Waals surface area contributed by atoms with Gasteiger partial charge in [0.2, 0.25) is 0 Å². The summed E-state index contributed by atoms with van der Waals surface area (Å²) in [6, 6.07) is 8.32. The lowest BCUT2D eigenvalue weighted by molar-refractivity contribution is -0.0498. The zero-order chi connectivity index (χ0) is 17.5. The maximum absolute atomic E-state index is 12.3. The number of benzene rings is 1. The van der Waals surface area contributed by atoms with Crippen molar-refractivity contribution in [1.29, 1.82) is 0 Å². The summed E-state index contributed by atoms with van der Waals surface area (Å²) < 4.78 is 33.6. The van der Waals surface area contributed by atoms with Crippen molar-refractivity contribution in [3.8, 4) is 5.75 Å². The Morgan fingerprint density at radius 2 is 2.04 bits per heavy atom. The van der Waals surface area contributed by atoms with Crippen LogP contribution in [0.4, 0.5) is 14.5 Å². The van der Waals surface area contributed by atoms with E-state index in [1.807, 2.05) is 0 Å². The molecule has 0 aliphatic heterocycles. The van der Waals surface area contributed by atoms with Crippen LogP contribution >= 0.6 is 0 Å². The predicted molar refractivity (Wildman–Crippen MR) is 81.2 cm³/mol. The van der Waals surface area contributed by atoms with E-state index < -0.39 is 18.5 Å². The number of aromatic nitrogens is 1. The highest BCUT2D eigenvalue weighted by atomic mass is 19.3. The number of nitrogens with zero attached hydrogens (tertiary/aromatic N) is 1. The van der Waals surface area contributed by atoms with Crippen molar-refractivity contribution in [2.24, 2.45) is 0 Å². The number of pyridine rings is 1. The molecule has 1 amide bonds. The van der Waals surface area contributed by atoms with Crippen LogP contribution in [-0.4, -0.2) is 30.1 Å². The number of esters is 1. The van der Waals surface area contributed by atoms with Crippen LogP contribution < -0.4 is 10.1 Å². The maximum Gasteiger partial charge on any atom is 0.387 e. The molecule has 6 nitrogen and oxygen atoms in total. The number of hydrogen-bond donors (Lipinski definition) is 1. The van der Waals surface area contributed by atoms with Gasteiger partial charge in [-0.3, -0.25) is 4.79 Å². The second-order valence-corrected chi connectivity index (χ2v) is 4.48. The maximum atomic E-state index is 12.3. The molecule has 1 aromatic carbocycles. The Balaban J connectivity index is 2.20. The third-order valence-corrected chi connectivity index (χ3v) is 2.85. The number of rotatable bonds is 6. The Hall–Kier alpha value is -3.03. The van der Waals surface area contributed by atoms with Crippen LogP contribution in [0.25, 0.3) is 0 Å². The van der Waals surface area contributed by atoms with E-state index in [1.54, 1.807) is 6.92 Å².